The third-order valence-electron chi connectivity index (χ3n) is 5.16. The van der Waals surface area contributed by atoms with Crippen LogP contribution < -0.4 is 10.6 Å². The van der Waals surface area contributed by atoms with E-state index in [-0.39, 0.29) is 29.5 Å². The van der Waals surface area contributed by atoms with E-state index in [1.165, 1.54) is 48.9 Å². The topological polar surface area (TPSA) is 55.5 Å². The summed E-state index contributed by atoms with van der Waals surface area (Å²) < 4.78 is 0. The van der Waals surface area contributed by atoms with Gasteiger partial charge in [0.25, 0.3) is 0 Å². The Balaban J connectivity index is 0.00000243. The predicted molar refractivity (Wildman–Crippen MR) is 121 cm³/mol. The first-order valence-corrected chi connectivity index (χ1v) is 9.35. The minimum Gasteiger partial charge on any atom is -0.357 e. The summed E-state index contributed by atoms with van der Waals surface area (Å²) in [5, 5.41) is 8.15. The van der Waals surface area contributed by atoms with Crippen LogP contribution in [0, 0.1) is 0 Å². The molecule has 0 aliphatic carbocycles. The molecule has 0 spiro atoms. The molecule has 6 heteroatoms. The molecular formula is C20H32IN5. The molecule has 2 heterocycles. The molecule has 1 aliphatic heterocycles. The first-order chi connectivity index (χ1) is 12.1. The van der Waals surface area contributed by atoms with Crippen molar-refractivity contribution in [2.45, 2.75) is 45.2 Å². The summed E-state index contributed by atoms with van der Waals surface area (Å²) in [7, 11) is 1.83. The molecule has 1 aliphatic rings. The van der Waals surface area contributed by atoms with E-state index in [9.17, 15) is 0 Å². The standard InChI is InChI=1S/C20H31N5.HI/c1-20(2,25-11-7-4-8-12-25)15-23-19(21-3)22-14-17-13-16-9-5-6-10-18(16)24-17;/h5-6,9-10,13,24H,4,7-8,11-12,14-15H2,1-3H3,(H2,21,22,23);1H. The second-order valence-electron chi connectivity index (χ2n) is 7.52. The van der Waals surface area contributed by atoms with Crippen molar-refractivity contribution in [2.75, 3.05) is 26.7 Å². The van der Waals surface area contributed by atoms with Crippen molar-refractivity contribution in [3.05, 3.63) is 36.0 Å². The van der Waals surface area contributed by atoms with E-state index in [1.807, 2.05) is 7.05 Å². The summed E-state index contributed by atoms with van der Waals surface area (Å²) in [5.74, 6) is 0.851. The van der Waals surface area contributed by atoms with E-state index in [0.29, 0.717) is 0 Å². The van der Waals surface area contributed by atoms with Crippen LogP contribution in [0.3, 0.4) is 0 Å². The fraction of sp³-hybridized carbons (Fsp3) is 0.550. The number of fused-ring (bicyclic) bond motifs is 1. The van der Waals surface area contributed by atoms with Gasteiger partial charge in [0.05, 0.1) is 6.54 Å². The number of likely N-dealkylation sites (tertiary alicyclic amines) is 1. The van der Waals surface area contributed by atoms with Crippen LogP contribution in [0.1, 0.15) is 38.8 Å². The van der Waals surface area contributed by atoms with Crippen molar-refractivity contribution in [3.8, 4) is 0 Å². The number of piperidine rings is 1. The van der Waals surface area contributed by atoms with Gasteiger partial charge in [-0.1, -0.05) is 24.6 Å². The van der Waals surface area contributed by atoms with Gasteiger partial charge >= 0.3 is 0 Å². The Hall–Kier alpha value is -1.28. The molecule has 3 rings (SSSR count). The third kappa shape index (κ3) is 5.36. The zero-order valence-corrected chi connectivity index (χ0v) is 18.5. The first kappa shape index (κ1) is 21.0. The Bertz CT molecular complexity index is 683. The molecule has 144 valence electrons. The van der Waals surface area contributed by atoms with Crippen molar-refractivity contribution >= 4 is 40.8 Å². The number of aromatic amines is 1. The van der Waals surface area contributed by atoms with Gasteiger partial charge in [0.1, 0.15) is 0 Å². The number of guanidine groups is 1. The maximum absolute atomic E-state index is 4.37. The molecule has 0 atom stereocenters. The van der Waals surface area contributed by atoms with E-state index in [0.717, 1.165) is 19.0 Å². The smallest absolute Gasteiger partial charge is 0.191 e. The number of aromatic nitrogens is 1. The van der Waals surface area contributed by atoms with Gasteiger partial charge in [-0.25, -0.2) is 0 Å². The highest BCUT2D eigenvalue weighted by Crippen LogP contribution is 2.19. The zero-order chi connectivity index (χ0) is 17.7. The second-order valence-corrected chi connectivity index (χ2v) is 7.52. The van der Waals surface area contributed by atoms with Crippen LogP contribution in [0.25, 0.3) is 10.9 Å². The van der Waals surface area contributed by atoms with E-state index >= 15 is 0 Å². The molecule has 0 unspecified atom stereocenters. The number of halogens is 1. The lowest BCUT2D eigenvalue weighted by atomic mass is 9.98. The van der Waals surface area contributed by atoms with Gasteiger partial charge in [-0.15, -0.1) is 24.0 Å². The Morgan fingerprint density at radius 3 is 2.58 bits per heavy atom. The van der Waals surface area contributed by atoms with Gasteiger partial charge in [0.2, 0.25) is 0 Å². The van der Waals surface area contributed by atoms with Crippen LogP contribution in [0.5, 0.6) is 0 Å². The average molecular weight is 469 g/mol. The molecule has 0 bridgehead atoms. The van der Waals surface area contributed by atoms with Crippen molar-refractivity contribution in [3.63, 3.8) is 0 Å². The average Bonchev–Trinajstić information content (AvgIpc) is 3.05. The molecule has 1 aromatic carbocycles. The maximum atomic E-state index is 4.37. The number of nitrogens with one attached hydrogen (secondary N) is 3. The van der Waals surface area contributed by atoms with Gasteiger partial charge in [-0.2, -0.15) is 0 Å². The number of rotatable bonds is 5. The number of nitrogens with zero attached hydrogens (tertiary/aromatic N) is 2. The minimum atomic E-state index is 0. The van der Waals surface area contributed by atoms with Crippen LogP contribution in [0.4, 0.5) is 0 Å². The maximum Gasteiger partial charge on any atom is 0.191 e. The highest BCUT2D eigenvalue weighted by Gasteiger charge is 2.27. The number of hydrogen-bond acceptors (Lipinski definition) is 2. The lowest BCUT2D eigenvalue weighted by Crippen LogP contribution is -2.54. The molecule has 1 aromatic heterocycles. The molecule has 0 radical (unpaired) electrons. The fourth-order valence-electron chi connectivity index (χ4n) is 3.54. The first-order valence-electron chi connectivity index (χ1n) is 9.35. The second kappa shape index (κ2) is 9.60. The summed E-state index contributed by atoms with van der Waals surface area (Å²) in [6, 6.07) is 10.5. The highest BCUT2D eigenvalue weighted by molar-refractivity contribution is 14.0. The molecule has 26 heavy (non-hydrogen) atoms. The van der Waals surface area contributed by atoms with Gasteiger partial charge in [-0.05, 0) is 57.3 Å². The number of aliphatic imine (C=N–C) groups is 1. The van der Waals surface area contributed by atoms with Gasteiger partial charge in [0, 0.05) is 30.3 Å². The third-order valence-corrected chi connectivity index (χ3v) is 5.16. The summed E-state index contributed by atoms with van der Waals surface area (Å²) in [5.41, 5.74) is 2.48. The van der Waals surface area contributed by atoms with E-state index in [1.54, 1.807) is 0 Å². The van der Waals surface area contributed by atoms with Crippen LogP contribution in [-0.2, 0) is 6.54 Å². The lowest BCUT2D eigenvalue weighted by molar-refractivity contribution is 0.0982. The molecule has 1 fully saturated rings. The fourth-order valence-corrected chi connectivity index (χ4v) is 3.54. The van der Waals surface area contributed by atoms with E-state index < -0.39 is 0 Å². The van der Waals surface area contributed by atoms with Crippen LogP contribution in [-0.4, -0.2) is 48.1 Å². The Kier molecular flexibility index (Phi) is 7.76. The number of H-pyrrole nitrogens is 1. The zero-order valence-electron chi connectivity index (χ0n) is 16.1. The quantitative estimate of drug-likeness (QED) is 0.356. The largest absolute Gasteiger partial charge is 0.357 e. The Morgan fingerprint density at radius 1 is 1.15 bits per heavy atom. The summed E-state index contributed by atoms with van der Waals surface area (Å²) in [6.07, 6.45) is 4.00. The molecule has 3 N–H and O–H groups in total. The lowest BCUT2D eigenvalue weighted by Gasteiger charge is -2.41. The van der Waals surface area contributed by atoms with E-state index in [2.05, 4.69) is 69.7 Å². The van der Waals surface area contributed by atoms with Crippen LogP contribution in [0.15, 0.2) is 35.3 Å². The minimum absolute atomic E-state index is 0. The van der Waals surface area contributed by atoms with Crippen LogP contribution in [0.2, 0.25) is 0 Å². The number of benzene rings is 1. The van der Waals surface area contributed by atoms with Gasteiger partial charge in [0.15, 0.2) is 5.96 Å². The molecule has 0 saturated carbocycles. The van der Waals surface area contributed by atoms with E-state index in [4.69, 9.17) is 0 Å². The summed E-state index contributed by atoms with van der Waals surface area (Å²) >= 11 is 0. The number of para-hydroxylation sites is 1. The Morgan fingerprint density at radius 2 is 1.88 bits per heavy atom. The Labute approximate surface area is 174 Å². The van der Waals surface area contributed by atoms with Gasteiger partial charge in [-0.3, -0.25) is 9.89 Å². The number of hydrogen-bond donors (Lipinski definition) is 3. The van der Waals surface area contributed by atoms with Gasteiger partial charge < -0.3 is 15.6 Å². The monoisotopic (exact) mass is 469 g/mol. The SMILES string of the molecule is CN=C(NCc1cc2ccccc2[nH]1)NCC(C)(C)N1CCCCC1.I. The van der Waals surface area contributed by atoms with Crippen molar-refractivity contribution in [2.24, 2.45) is 4.99 Å². The van der Waals surface area contributed by atoms with Crippen molar-refractivity contribution in [1.82, 2.24) is 20.5 Å². The summed E-state index contributed by atoms with van der Waals surface area (Å²) in [4.78, 5) is 10.4. The molecule has 1 saturated heterocycles. The molecule has 2 aromatic rings. The molecule has 0 amide bonds. The molecule has 5 nitrogen and oxygen atoms in total. The predicted octanol–water partition coefficient (Wildman–Crippen LogP) is 3.72. The van der Waals surface area contributed by atoms with Crippen molar-refractivity contribution < 1.29 is 0 Å². The molecular weight excluding hydrogens is 437 g/mol. The van der Waals surface area contributed by atoms with Crippen LogP contribution >= 0.6 is 24.0 Å². The normalized spacial score (nSPS) is 16.3. The summed E-state index contributed by atoms with van der Waals surface area (Å²) in [6.45, 7) is 8.66. The highest BCUT2D eigenvalue weighted by atomic mass is 127. The van der Waals surface area contributed by atoms with Crippen molar-refractivity contribution in [1.29, 1.82) is 0 Å².